The van der Waals surface area contributed by atoms with Crippen molar-refractivity contribution in [2.24, 2.45) is 0 Å². The van der Waals surface area contributed by atoms with Gasteiger partial charge in [-0.3, -0.25) is 0 Å². The number of halogens is 1. The summed E-state index contributed by atoms with van der Waals surface area (Å²) in [6.07, 6.45) is 1.07. The Morgan fingerprint density at radius 2 is 1.68 bits per heavy atom. The molecule has 0 aromatic heterocycles. The number of hydrogen-bond acceptors (Lipinski definition) is 2. The molecule has 0 atom stereocenters. The molecule has 100 valence electrons. The summed E-state index contributed by atoms with van der Waals surface area (Å²) >= 11 is 5.92. The van der Waals surface area contributed by atoms with Crippen LogP contribution >= 0.6 is 11.6 Å². The van der Waals surface area contributed by atoms with Gasteiger partial charge in [0.25, 0.3) is 0 Å². The Balaban J connectivity index is 1.58. The number of nitrogens with one attached hydrogen (secondary N) is 2. The molecule has 0 saturated heterocycles. The molecule has 0 heterocycles. The highest BCUT2D eigenvalue weighted by atomic mass is 35.5. The summed E-state index contributed by atoms with van der Waals surface area (Å²) in [5.41, 5.74) is 2.44. The van der Waals surface area contributed by atoms with Crippen LogP contribution in [0.2, 0.25) is 5.02 Å². The maximum absolute atomic E-state index is 5.92. The molecule has 0 aliphatic rings. The minimum absolute atomic E-state index is 0.766. The fourth-order valence-electron chi connectivity index (χ4n) is 1.90. The summed E-state index contributed by atoms with van der Waals surface area (Å²) in [6.45, 7) is 2.84. The zero-order valence-corrected chi connectivity index (χ0v) is 11.7. The molecule has 0 amide bonds. The highest BCUT2D eigenvalue weighted by molar-refractivity contribution is 6.30. The number of benzene rings is 2. The largest absolute Gasteiger partial charge is 0.384 e. The fourth-order valence-corrected chi connectivity index (χ4v) is 2.09. The third kappa shape index (κ3) is 5.33. The highest BCUT2D eigenvalue weighted by Crippen LogP contribution is 2.14. The normalized spacial score (nSPS) is 10.4. The molecule has 0 aliphatic heterocycles. The standard InChI is InChI=1S/C16H19ClN2/c17-15-7-4-8-16(13-15)19-12-11-18-10-9-14-5-2-1-3-6-14/h1-8,13,18-19H,9-12H2. The summed E-state index contributed by atoms with van der Waals surface area (Å²) in [5.74, 6) is 0. The second-order valence-electron chi connectivity index (χ2n) is 4.42. The predicted molar refractivity (Wildman–Crippen MR) is 83.0 cm³/mol. The first kappa shape index (κ1) is 13.9. The van der Waals surface area contributed by atoms with Crippen molar-refractivity contribution >= 4 is 17.3 Å². The Labute approximate surface area is 119 Å². The molecule has 2 N–H and O–H groups in total. The number of rotatable bonds is 7. The summed E-state index contributed by atoms with van der Waals surface area (Å²) in [7, 11) is 0. The molecular weight excluding hydrogens is 256 g/mol. The van der Waals surface area contributed by atoms with Crippen LogP contribution in [0.4, 0.5) is 5.69 Å². The first-order valence-electron chi connectivity index (χ1n) is 6.59. The van der Waals surface area contributed by atoms with E-state index in [2.05, 4.69) is 34.9 Å². The molecule has 0 unspecified atom stereocenters. The molecule has 0 spiro atoms. The van der Waals surface area contributed by atoms with Crippen LogP contribution in [-0.2, 0) is 6.42 Å². The van der Waals surface area contributed by atoms with Crippen LogP contribution in [-0.4, -0.2) is 19.6 Å². The van der Waals surface area contributed by atoms with Crippen LogP contribution < -0.4 is 10.6 Å². The summed E-state index contributed by atoms with van der Waals surface area (Å²) < 4.78 is 0. The topological polar surface area (TPSA) is 24.1 Å². The predicted octanol–water partition coefficient (Wildman–Crippen LogP) is 3.58. The number of anilines is 1. The van der Waals surface area contributed by atoms with E-state index in [1.54, 1.807) is 0 Å². The minimum Gasteiger partial charge on any atom is -0.384 e. The van der Waals surface area contributed by atoms with E-state index in [9.17, 15) is 0 Å². The molecule has 2 aromatic carbocycles. The molecule has 0 saturated carbocycles. The van der Waals surface area contributed by atoms with Gasteiger partial charge in [0.05, 0.1) is 0 Å². The van der Waals surface area contributed by atoms with Gasteiger partial charge in [0, 0.05) is 23.8 Å². The van der Waals surface area contributed by atoms with Crippen molar-refractivity contribution in [3.8, 4) is 0 Å². The SMILES string of the molecule is Clc1cccc(NCCNCCc2ccccc2)c1. The molecule has 2 rings (SSSR count). The molecule has 2 nitrogen and oxygen atoms in total. The van der Waals surface area contributed by atoms with Gasteiger partial charge in [0.15, 0.2) is 0 Å². The van der Waals surface area contributed by atoms with Gasteiger partial charge in [-0.05, 0) is 36.7 Å². The van der Waals surface area contributed by atoms with Gasteiger partial charge < -0.3 is 10.6 Å². The van der Waals surface area contributed by atoms with Crippen LogP contribution in [0.3, 0.4) is 0 Å². The second kappa shape index (κ2) is 7.82. The zero-order valence-electron chi connectivity index (χ0n) is 10.9. The number of hydrogen-bond donors (Lipinski definition) is 2. The minimum atomic E-state index is 0.766. The van der Waals surface area contributed by atoms with Crippen LogP contribution in [0, 0.1) is 0 Å². The maximum Gasteiger partial charge on any atom is 0.0426 e. The smallest absolute Gasteiger partial charge is 0.0426 e. The first-order chi connectivity index (χ1) is 9.34. The van der Waals surface area contributed by atoms with Gasteiger partial charge in [-0.1, -0.05) is 48.0 Å². The molecule has 0 aliphatic carbocycles. The molecular formula is C16H19ClN2. The Kier molecular flexibility index (Phi) is 5.73. The van der Waals surface area contributed by atoms with Gasteiger partial charge in [-0.15, -0.1) is 0 Å². The van der Waals surface area contributed by atoms with Crippen LogP contribution in [0.25, 0.3) is 0 Å². The van der Waals surface area contributed by atoms with Crippen molar-refractivity contribution in [2.45, 2.75) is 6.42 Å². The average molecular weight is 275 g/mol. The molecule has 3 heteroatoms. The Morgan fingerprint density at radius 3 is 2.47 bits per heavy atom. The van der Waals surface area contributed by atoms with Gasteiger partial charge in [-0.25, -0.2) is 0 Å². The summed E-state index contributed by atoms with van der Waals surface area (Å²) in [4.78, 5) is 0. The van der Waals surface area contributed by atoms with E-state index in [0.29, 0.717) is 0 Å². The fraction of sp³-hybridized carbons (Fsp3) is 0.250. The van der Waals surface area contributed by atoms with Gasteiger partial charge in [0.1, 0.15) is 0 Å². The van der Waals surface area contributed by atoms with Crippen molar-refractivity contribution in [3.63, 3.8) is 0 Å². The Bertz CT molecular complexity index is 485. The lowest BCUT2D eigenvalue weighted by molar-refractivity contribution is 0.699. The van der Waals surface area contributed by atoms with E-state index in [0.717, 1.165) is 36.8 Å². The average Bonchev–Trinajstić information content (AvgIpc) is 2.44. The summed E-state index contributed by atoms with van der Waals surface area (Å²) in [5, 5.41) is 7.53. The van der Waals surface area contributed by atoms with E-state index in [-0.39, 0.29) is 0 Å². The van der Waals surface area contributed by atoms with E-state index in [4.69, 9.17) is 11.6 Å². The van der Waals surface area contributed by atoms with E-state index in [1.165, 1.54) is 5.56 Å². The lowest BCUT2D eigenvalue weighted by Gasteiger charge is -2.08. The van der Waals surface area contributed by atoms with Gasteiger partial charge >= 0.3 is 0 Å². The van der Waals surface area contributed by atoms with Crippen LogP contribution in [0.1, 0.15) is 5.56 Å². The molecule has 0 bridgehead atoms. The van der Waals surface area contributed by atoms with Crippen molar-refractivity contribution in [1.29, 1.82) is 0 Å². The van der Waals surface area contributed by atoms with Crippen molar-refractivity contribution < 1.29 is 0 Å². The Hall–Kier alpha value is -1.51. The van der Waals surface area contributed by atoms with Crippen LogP contribution in [0.5, 0.6) is 0 Å². The highest BCUT2D eigenvalue weighted by Gasteiger charge is 1.94. The van der Waals surface area contributed by atoms with Gasteiger partial charge in [-0.2, -0.15) is 0 Å². The third-order valence-corrected chi connectivity index (χ3v) is 3.12. The van der Waals surface area contributed by atoms with E-state index in [1.807, 2.05) is 30.3 Å². The van der Waals surface area contributed by atoms with E-state index >= 15 is 0 Å². The molecule has 2 aromatic rings. The lowest BCUT2D eigenvalue weighted by atomic mass is 10.1. The van der Waals surface area contributed by atoms with Crippen molar-refractivity contribution in [2.75, 3.05) is 25.0 Å². The molecule has 0 fully saturated rings. The molecule has 0 radical (unpaired) electrons. The van der Waals surface area contributed by atoms with Gasteiger partial charge in [0.2, 0.25) is 0 Å². The third-order valence-electron chi connectivity index (χ3n) is 2.89. The van der Waals surface area contributed by atoms with Crippen LogP contribution in [0.15, 0.2) is 54.6 Å². The molecule has 19 heavy (non-hydrogen) atoms. The van der Waals surface area contributed by atoms with E-state index < -0.39 is 0 Å². The van der Waals surface area contributed by atoms with Crippen molar-refractivity contribution in [3.05, 3.63) is 65.2 Å². The lowest BCUT2D eigenvalue weighted by Crippen LogP contribution is -2.24. The zero-order chi connectivity index (χ0) is 13.3. The quantitative estimate of drug-likeness (QED) is 0.754. The Morgan fingerprint density at radius 1 is 0.842 bits per heavy atom. The monoisotopic (exact) mass is 274 g/mol. The maximum atomic E-state index is 5.92. The van der Waals surface area contributed by atoms with Crippen molar-refractivity contribution in [1.82, 2.24) is 5.32 Å². The summed E-state index contributed by atoms with van der Waals surface area (Å²) in [6, 6.07) is 18.3. The second-order valence-corrected chi connectivity index (χ2v) is 4.86. The first-order valence-corrected chi connectivity index (χ1v) is 6.96.